The summed E-state index contributed by atoms with van der Waals surface area (Å²) in [5.41, 5.74) is 5.23. The van der Waals surface area contributed by atoms with E-state index < -0.39 is 11.7 Å². The second-order valence-corrected chi connectivity index (χ2v) is 9.54. The predicted octanol–water partition coefficient (Wildman–Crippen LogP) is 7.36. The van der Waals surface area contributed by atoms with E-state index in [2.05, 4.69) is 53.5 Å². The first-order valence-corrected chi connectivity index (χ1v) is 12.2. The molecule has 0 spiro atoms. The normalized spacial score (nSPS) is 19.6. The minimum atomic E-state index is -4.30. The van der Waals surface area contributed by atoms with E-state index in [-0.39, 0.29) is 5.92 Å². The van der Waals surface area contributed by atoms with E-state index >= 15 is 0 Å². The molecule has 0 radical (unpaired) electrons. The van der Waals surface area contributed by atoms with Gasteiger partial charge in [-0.2, -0.15) is 13.2 Å². The van der Waals surface area contributed by atoms with E-state index in [9.17, 15) is 13.2 Å². The van der Waals surface area contributed by atoms with E-state index in [4.69, 9.17) is 0 Å². The Morgan fingerprint density at radius 1 is 0.794 bits per heavy atom. The van der Waals surface area contributed by atoms with Crippen LogP contribution in [0.15, 0.2) is 78.9 Å². The number of piperidine rings is 1. The lowest BCUT2D eigenvalue weighted by atomic mass is 9.74. The van der Waals surface area contributed by atoms with Gasteiger partial charge < -0.3 is 0 Å². The van der Waals surface area contributed by atoms with Gasteiger partial charge in [-0.05, 0) is 84.6 Å². The molecule has 2 aliphatic rings. The van der Waals surface area contributed by atoms with Crippen molar-refractivity contribution in [3.63, 3.8) is 0 Å². The molecule has 176 valence electrons. The molecule has 0 aromatic heterocycles. The number of hydrogen-bond acceptors (Lipinski definition) is 1. The molecule has 1 aliphatic heterocycles. The van der Waals surface area contributed by atoms with Crippen LogP contribution in [0.3, 0.4) is 0 Å². The van der Waals surface area contributed by atoms with Gasteiger partial charge in [0.2, 0.25) is 0 Å². The van der Waals surface area contributed by atoms with E-state index in [1.54, 1.807) is 6.07 Å². The smallest absolute Gasteiger partial charge is 0.300 e. The molecule has 0 bridgehead atoms. The number of fused-ring (bicyclic) bond motifs is 2. The minimum Gasteiger partial charge on any atom is -0.300 e. The molecule has 3 aromatic carbocycles. The number of likely N-dealkylation sites (tertiary alicyclic amines) is 1. The van der Waals surface area contributed by atoms with Gasteiger partial charge in [-0.25, -0.2) is 0 Å². The molecular weight excluding hydrogens is 431 g/mol. The summed E-state index contributed by atoms with van der Waals surface area (Å²) in [7, 11) is 0. The molecule has 0 amide bonds. The molecular formula is C30H30F3N. The van der Waals surface area contributed by atoms with Gasteiger partial charge in [-0.1, -0.05) is 72.8 Å². The van der Waals surface area contributed by atoms with Crippen molar-refractivity contribution < 1.29 is 13.2 Å². The highest BCUT2D eigenvalue weighted by Crippen LogP contribution is 2.44. The Hall–Kier alpha value is -2.85. The Balaban J connectivity index is 1.35. The fourth-order valence-corrected chi connectivity index (χ4v) is 5.68. The Bertz CT molecular complexity index is 1140. The van der Waals surface area contributed by atoms with Crippen LogP contribution in [-0.4, -0.2) is 24.5 Å². The summed E-state index contributed by atoms with van der Waals surface area (Å²) in [6.07, 6.45) is 3.66. The first-order chi connectivity index (χ1) is 16.5. The molecule has 0 saturated carbocycles. The van der Waals surface area contributed by atoms with Gasteiger partial charge in [-0.15, -0.1) is 0 Å². The van der Waals surface area contributed by atoms with Crippen molar-refractivity contribution in [3.8, 4) is 0 Å². The summed E-state index contributed by atoms with van der Waals surface area (Å²) in [4.78, 5) is 2.48. The molecule has 0 N–H and O–H groups in total. The largest absolute Gasteiger partial charge is 0.416 e. The summed E-state index contributed by atoms with van der Waals surface area (Å²) < 4.78 is 40.2. The third-order valence-corrected chi connectivity index (χ3v) is 7.44. The van der Waals surface area contributed by atoms with Crippen LogP contribution in [0.1, 0.15) is 52.1 Å². The standard InChI is InChI=1S/C30H30F3N/c31-30(32,33)26-14-15-28-25(21-26)13-12-23-10-4-5-11-27(23)29(28)24-16-19-34(20-17-24)18-6-9-22-7-2-1-3-8-22/h1-11,14-15,21,24,29H,12-13,16-20H2/b9-6+. The molecule has 1 heterocycles. The van der Waals surface area contributed by atoms with Gasteiger partial charge in [-0.3, -0.25) is 4.90 Å². The van der Waals surface area contributed by atoms with Crippen LogP contribution in [-0.2, 0) is 19.0 Å². The lowest BCUT2D eigenvalue weighted by Gasteiger charge is -2.37. The second kappa shape index (κ2) is 9.79. The zero-order valence-corrected chi connectivity index (χ0v) is 19.3. The molecule has 1 saturated heterocycles. The maximum atomic E-state index is 13.4. The Labute approximate surface area is 199 Å². The van der Waals surface area contributed by atoms with Crippen molar-refractivity contribution in [3.05, 3.63) is 112 Å². The average molecular weight is 462 g/mol. The number of benzene rings is 3. The topological polar surface area (TPSA) is 3.24 Å². The maximum absolute atomic E-state index is 13.4. The first-order valence-electron chi connectivity index (χ1n) is 12.2. The van der Waals surface area contributed by atoms with E-state index in [1.165, 1.54) is 28.8 Å². The summed E-state index contributed by atoms with van der Waals surface area (Å²) in [6.45, 7) is 2.95. The van der Waals surface area contributed by atoms with Crippen LogP contribution < -0.4 is 0 Å². The first kappa shape index (κ1) is 22.9. The summed E-state index contributed by atoms with van der Waals surface area (Å²) in [5.74, 6) is 0.599. The number of aryl methyl sites for hydroxylation is 2. The van der Waals surface area contributed by atoms with Crippen LogP contribution in [0.2, 0.25) is 0 Å². The average Bonchev–Trinajstić information content (AvgIpc) is 3.01. The minimum absolute atomic E-state index is 0.165. The number of hydrogen-bond donors (Lipinski definition) is 0. The number of halogens is 3. The van der Waals surface area contributed by atoms with Crippen LogP contribution in [0.25, 0.3) is 6.08 Å². The molecule has 1 aliphatic carbocycles. The molecule has 3 aromatic rings. The number of rotatable bonds is 4. The fourth-order valence-electron chi connectivity index (χ4n) is 5.68. The third-order valence-electron chi connectivity index (χ3n) is 7.44. The van der Waals surface area contributed by atoms with E-state index in [0.29, 0.717) is 12.3 Å². The molecule has 5 rings (SSSR count). The summed E-state index contributed by atoms with van der Waals surface area (Å²) >= 11 is 0. The Kier molecular flexibility index (Phi) is 6.60. The Morgan fingerprint density at radius 2 is 1.47 bits per heavy atom. The maximum Gasteiger partial charge on any atom is 0.416 e. The Morgan fingerprint density at radius 3 is 2.24 bits per heavy atom. The van der Waals surface area contributed by atoms with E-state index in [1.807, 2.05) is 18.2 Å². The monoisotopic (exact) mass is 461 g/mol. The highest BCUT2D eigenvalue weighted by atomic mass is 19.4. The zero-order chi connectivity index (χ0) is 23.5. The second-order valence-electron chi connectivity index (χ2n) is 9.54. The van der Waals surface area contributed by atoms with Crippen molar-refractivity contribution in [2.24, 2.45) is 5.92 Å². The van der Waals surface area contributed by atoms with E-state index in [0.717, 1.165) is 50.0 Å². The summed E-state index contributed by atoms with van der Waals surface area (Å²) in [5, 5.41) is 0. The zero-order valence-electron chi connectivity index (χ0n) is 19.3. The molecule has 1 unspecified atom stereocenters. The lowest BCUT2D eigenvalue weighted by Crippen LogP contribution is -2.36. The fraction of sp³-hybridized carbons (Fsp3) is 0.333. The van der Waals surface area contributed by atoms with Crippen molar-refractivity contribution >= 4 is 6.08 Å². The van der Waals surface area contributed by atoms with Gasteiger partial charge >= 0.3 is 6.18 Å². The van der Waals surface area contributed by atoms with Gasteiger partial charge in [0.15, 0.2) is 0 Å². The van der Waals surface area contributed by atoms with Gasteiger partial charge in [0.05, 0.1) is 5.56 Å². The highest BCUT2D eigenvalue weighted by molar-refractivity contribution is 5.49. The van der Waals surface area contributed by atoms with Gasteiger partial charge in [0.1, 0.15) is 0 Å². The lowest BCUT2D eigenvalue weighted by molar-refractivity contribution is -0.137. The third kappa shape index (κ3) is 4.97. The van der Waals surface area contributed by atoms with Crippen LogP contribution in [0.5, 0.6) is 0 Å². The molecule has 4 heteroatoms. The van der Waals surface area contributed by atoms with Gasteiger partial charge in [0.25, 0.3) is 0 Å². The molecule has 1 fully saturated rings. The van der Waals surface area contributed by atoms with Crippen molar-refractivity contribution in [2.45, 2.75) is 37.8 Å². The SMILES string of the molecule is FC(F)(F)c1ccc2c(c1)CCc1ccccc1C2C1CCN(C/C=C/c2ccccc2)CC1. The molecule has 34 heavy (non-hydrogen) atoms. The van der Waals surface area contributed by atoms with Crippen molar-refractivity contribution in [1.29, 1.82) is 0 Å². The van der Waals surface area contributed by atoms with Gasteiger partial charge in [0, 0.05) is 12.5 Å². The number of nitrogens with zero attached hydrogens (tertiary/aromatic N) is 1. The quantitative estimate of drug-likeness (QED) is 0.392. The molecule has 1 nitrogen and oxygen atoms in total. The predicted molar refractivity (Wildman–Crippen MR) is 132 cm³/mol. The van der Waals surface area contributed by atoms with Crippen LogP contribution in [0.4, 0.5) is 13.2 Å². The van der Waals surface area contributed by atoms with Crippen molar-refractivity contribution in [2.75, 3.05) is 19.6 Å². The number of alkyl halides is 3. The van der Waals surface area contributed by atoms with Crippen LogP contribution in [0, 0.1) is 5.92 Å². The van der Waals surface area contributed by atoms with Crippen LogP contribution >= 0.6 is 0 Å². The van der Waals surface area contributed by atoms with Crippen molar-refractivity contribution in [1.82, 2.24) is 4.90 Å². The molecule has 1 atom stereocenters. The highest BCUT2D eigenvalue weighted by Gasteiger charge is 2.35. The summed E-state index contributed by atoms with van der Waals surface area (Å²) in [6, 6.07) is 23.2.